The maximum absolute atomic E-state index is 15.2. The smallest absolute Gasteiger partial charge is 0.255 e. The van der Waals surface area contributed by atoms with Crippen molar-refractivity contribution in [3.63, 3.8) is 0 Å². The third kappa shape index (κ3) is 6.62. The predicted octanol–water partition coefficient (Wildman–Crippen LogP) is 7.36. The molecule has 0 bridgehead atoms. The van der Waals surface area contributed by atoms with Crippen molar-refractivity contribution in [2.24, 2.45) is 4.99 Å². The Balaban J connectivity index is 1.44. The summed E-state index contributed by atoms with van der Waals surface area (Å²) in [4.78, 5) is 26.9. The van der Waals surface area contributed by atoms with E-state index in [9.17, 15) is 4.79 Å². The number of unbranched alkanes of at least 4 members (excludes halogenated alkanes) is 3. The van der Waals surface area contributed by atoms with Crippen molar-refractivity contribution in [1.82, 2.24) is 15.3 Å². The van der Waals surface area contributed by atoms with E-state index in [0.29, 0.717) is 57.2 Å². The number of hydrogen-bond donors (Lipinski definition) is 2. The third-order valence-electron chi connectivity index (χ3n) is 7.21. The lowest BCUT2D eigenvalue weighted by atomic mass is 9.94. The number of methoxy groups -OCH3 is 2. The van der Waals surface area contributed by atoms with Gasteiger partial charge < -0.3 is 20.1 Å². The second-order valence-corrected chi connectivity index (χ2v) is 10.5. The lowest BCUT2D eigenvalue weighted by Crippen LogP contribution is -2.25. The molecule has 0 atom stereocenters. The average Bonchev–Trinajstić information content (AvgIpc) is 3.16. The van der Waals surface area contributed by atoms with E-state index in [2.05, 4.69) is 22.5 Å². The minimum absolute atomic E-state index is 0.182. The summed E-state index contributed by atoms with van der Waals surface area (Å²) >= 11 is 6.41. The normalized spacial score (nSPS) is 12.0. The van der Waals surface area contributed by atoms with Gasteiger partial charge in [-0.15, -0.1) is 0 Å². The van der Waals surface area contributed by atoms with Crippen molar-refractivity contribution in [2.75, 3.05) is 26.1 Å². The summed E-state index contributed by atoms with van der Waals surface area (Å²) < 4.78 is 26.2. The van der Waals surface area contributed by atoms with Gasteiger partial charge in [-0.05, 0) is 42.8 Å². The van der Waals surface area contributed by atoms with Gasteiger partial charge in [0.2, 0.25) is 5.95 Å². The summed E-state index contributed by atoms with van der Waals surface area (Å²) in [5.74, 6) is 0.501. The average molecular weight is 602 g/mol. The number of nitrogens with zero attached hydrogens (tertiary/aromatic N) is 3. The Labute approximate surface area is 255 Å². The Morgan fingerprint density at radius 1 is 1.00 bits per heavy atom. The summed E-state index contributed by atoms with van der Waals surface area (Å²) in [6.07, 6.45) is 6.01. The van der Waals surface area contributed by atoms with Crippen molar-refractivity contribution < 1.29 is 18.7 Å². The van der Waals surface area contributed by atoms with Crippen LogP contribution >= 0.6 is 11.6 Å². The van der Waals surface area contributed by atoms with Crippen LogP contribution in [0, 0.1) is 5.82 Å². The van der Waals surface area contributed by atoms with Gasteiger partial charge in [-0.25, -0.2) is 14.4 Å². The summed E-state index contributed by atoms with van der Waals surface area (Å²) in [6.45, 7) is 3.00. The molecule has 1 aliphatic heterocycles. The van der Waals surface area contributed by atoms with Gasteiger partial charge in [0.15, 0.2) is 0 Å². The molecule has 0 spiro atoms. The summed E-state index contributed by atoms with van der Waals surface area (Å²) in [5.41, 5.74) is 4.54. The fourth-order valence-corrected chi connectivity index (χ4v) is 5.21. The molecule has 1 aromatic heterocycles. The van der Waals surface area contributed by atoms with E-state index in [1.165, 1.54) is 20.3 Å². The van der Waals surface area contributed by atoms with Gasteiger partial charge in [0.25, 0.3) is 5.91 Å². The van der Waals surface area contributed by atoms with Gasteiger partial charge in [-0.2, -0.15) is 0 Å². The molecule has 0 saturated heterocycles. The number of carbonyl (C=O) groups is 1. The van der Waals surface area contributed by atoms with E-state index in [-0.39, 0.29) is 18.0 Å². The van der Waals surface area contributed by atoms with Crippen LogP contribution in [-0.4, -0.2) is 42.4 Å². The first-order chi connectivity index (χ1) is 20.9. The van der Waals surface area contributed by atoms with Crippen LogP contribution in [0.1, 0.15) is 59.7 Å². The molecule has 1 amide bonds. The highest BCUT2D eigenvalue weighted by Gasteiger charge is 2.25. The summed E-state index contributed by atoms with van der Waals surface area (Å²) in [5, 5.41) is 6.66. The van der Waals surface area contributed by atoms with Crippen LogP contribution in [0.3, 0.4) is 0 Å². The molecule has 2 N–H and O–H groups in total. The highest BCUT2D eigenvalue weighted by atomic mass is 35.5. The third-order valence-corrected chi connectivity index (χ3v) is 7.45. The number of hydrogen-bond acceptors (Lipinski definition) is 7. The molecule has 2 heterocycles. The Morgan fingerprint density at radius 2 is 1.84 bits per heavy atom. The zero-order valence-electron chi connectivity index (χ0n) is 24.3. The van der Waals surface area contributed by atoms with Crippen LogP contribution in [0.5, 0.6) is 11.5 Å². The van der Waals surface area contributed by atoms with Crippen LogP contribution in [0.2, 0.25) is 5.02 Å². The fraction of sp³-hybridized carbons (Fsp3) is 0.273. The minimum atomic E-state index is -0.453. The number of amides is 1. The first-order valence-corrected chi connectivity index (χ1v) is 14.6. The number of fused-ring (bicyclic) bond motifs is 3. The number of halogens is 2. The quantitative estimate of drug-likeness (QED) is 0.174. The first kappa shape index (κ1) is 30.0. The van der Waals surface area contributed by atoms with Crippen LogP contribution in [0.4, 0.5) is 16.0 Å². The number of nitrogens with one attached hydrogen (secondary N) is 2. The molecule has 0 radical (unpaired) electrons. The second-order valence-electron chi connectivity index (χ2n) is 10.1. The number of rotatable bonds is 11. The second kappa shape index (κ2) is 13.6. The standard InChI is InChI=1S/C33H33ClFN5O3/c1-4-5-6-7-15-36-32(41)24-14-12-22(17-28(24)43-3)39-33-38-19-20-18-37-31(29-26(35)9-8-10-27(29)42-2)25-16-21(34)11-13-23(25)30(20)40-33/h8-14,16-17,19H,4-7,15,18H2,1-3H3,(H,36,41)(H,38,39,40). The first-order valence-electron chi connectivity index (χ1n) is 14.2. The molecular formula is C33H33ClFN5O3. The van der Waals surface area contributed by atoms with E-state index in [4.69, 9.17) is 31.1 Å². The Hall–Kier alpha value is -4.50. The van der Waals surface area contributed by atoms with Crippen LogP contribution in [-0.2, 0) is 6.54 Å². The largest absolute Gasteiger partial charge is 0.496 e. The van der Waals surface area contributed by atoms with Crippen molar-refractivity contribution in [2.45, 2.75) is 39.2 Å². The zero-order chi connectivity index (χ0) is 30.3. The van der Waals surface area contributed by atoms with E-state index in [0.717, 1.165) is 36.8 Å². The molecule has 4 aromatic rings. The summed E-state index contributed by atoms with van der Waals surface area (Å²) in [6, 6.07) is 15.3. The van der Waals surface area contributed by atoms with Crippen LogP contribution in [0.15, 0.2) is 65.8 Å². The van der Waals surface area contributed by atoms with E-state index in [1.54, 1.807) is 48.7 Å². The van der Waals surface area contributed by atoms with E-state index in [1.807, 2.05) is 6.07 Å². The number of carbonyl (C=O) groups excluding carboxylic acids is 1. The molecule has 8 nitrogen and oxygen atoms in total. The van der Waals surface area contributed by atoms with Gasteiger partial charge in [-0.1, -0.05) is 49.9 Å². The van der Waals surface area contributed by atoms with Gasteiger partial charge >= 0.3 is 0 Å². The lowest BCUT2D eigenvalue weighted by Gasteiger charge is -2.15. The monoisotopic (exact) mass is 601 g/mol. The van der Waals surface area contributed by atoms with Crippen molar-refractivity contribution in [3.05, 3.63) is 93.9 Å². The molecule has 5 rings (SSSR count). The molecule has 3 aromatic carbocycles. The Kier molecular flexibility index (Phi) is 9.51. The molecule has 10 heteroatoms. The zero-order valence-corrected chi connectivity index (χ0v) is 25.1. The number of aliphatic imine (C=N–C) groups is 1. The van der Waals surface area contributed by atoms with Gasteiger partial charge in [0.05, 0.1) is 43.3 Å². The van der Waals surface area contributed by atoms with Gasteiger partial charge in [0, 0.05) is 46.2 Å². The SMILES string of the molecule is CCCCCCNC(=O)c1ccc(Nc2ncc3c(n2)-c2ccc(Cl)cc2C(c2c(F)cccc2OC)=NC3)cc1OC. The Bertz CT molecular complexity index is 1680. The molecule has 0 unspecified atom stereocenters. The number of ether oxygens (including phenoxy) is 2. The molecule has 0 aliphatic carbocycles. The summed E-state index contributed by atoms with van der Waals surface area (Å²) in [7, 11) is 3.02. The minimum Gasteiger partial charge on any atom is -0.496 e. The maximum Gasteiger partial charge on any atom is 0.255 e. The van der Waals surface area contributed by atoms with Crippen LogP contribution < -0.4 is 20.1 Å². The molecule has 43 heavy (non-hydrogen) atoms. The predicted molar refractivity (Wildman–Crippen MR) is 168 cm³/mol. The topological polar surface area (TPSA) is 97.7 Å². The number of benzene rings is 3. The lowest BCUT2D eigenvalue weighted by molar-refractivity contribution is 0.0950. The fourth-order valence-electron chi connectivity index (χ4n) is 5.04. The highest BCUT2D eigenvalue weighted by molar-refractivity contribution is 6.31. The highest BCUT2D eigenvalue weighted by Crippen LogP contribution is 2.36. The molecule has 0 fully saturated rings. The molecule has 222 valence electrons. The number of aromatic nitrogens is 2. The van der Waals surface area contributed by atoms with E-state index < -0.39 is 5.82 Å². The van der Waals surface area contributed by atoms with Crippen LogP contribution in [0.25, 0.3) is 11.3 Å². The number of anilines is 2. The van der Waals surface area contributed by atoms with Crippen molar-refractivity contribution >= 4 is 34.9 Å². The van der Waals surface area contributed by atoms with Crippen molar-refractivity contribution in [3.8, 4) is 22.8 Å². The van der Waals surface area contributed by atoms with Gasteiger partial charge in [0.1, 0.15) is 17.3 Å². The molecule has 0 saturated carbocycles. The van der Waals surface area contributed by atoms with Crippen molar-refractivity contribution in [1.29, 1.82) is 0 Å². The van der Waals surface area contributed by atoms with E-state index >= 15 is 4.39 Å². The maximum atomic E-state index is 15.2. The molecule has 1 aliphatic rings. The molecular weight excluding hydrogens is 569 g/mol. The Morgan fingerprint density at radius 3 is 2.63 bits per heavy atom. The van der Waals surface area contributed by atoms with Gasteiger partial charge in [-0.3, -0.25) is 9.79 Å².